The fraction of sp³-hybridized carbons (Fsp3) is 0.714. The van der Waals surface area contributed by atoms with Gasteiger partial charge in [0.15, 0.2) is 0 Å². The van der Waals surface area contributed by atoms with Crippen LogP contribution in [-0.2, 0) is 19.4 Å². The van der Waals surface area contributed by atoms with Gasteiger partial charge < -0.3 is 0 Å². The van der Waals surface area contributed by atoms with Gasteiger partial charge in [0, 0.05) is 12.3 Å². The summed E-state index contributed by atoms with van der Waals surface area (Å²) in [6.45, 7) is 3.18. The number of halogens is 1. The van der Waals surface area contributed by atoms with E-state index in [4.69, 9.17) is 11.6 Å². The fourth-order valence-corrected chi connectivity index (χ4v) is 0.418. The smallest absolute Gasteiger partial charge is 0.247 e. The molecule has 0 radical (unpaired) electrons. The molecule has 0 aliphatic rings. The van der Waals surface area contributed by atoms with Crippen molar-refractivity contribution in [3.63, 3.8) is 0 Å². The second-order valence-electron chi connectivity index (χ2n) is 2.27. The van der Waals surface area contributed by atoms with E-state index in [0.717, 1.165) is 0 Å². The maximum Gasteiger partial charge on any atom is 0.359 e. The summed E-state index contributed by atoms with van der Waals surface area (Å²) in [5.41, 5.74) is 0. The molecule has 0 spiro atoms. The van der Waals surface area contributed by atoms with Crippen LogP contribution in [0.4, 0.5) is 0 Å². The second kappa shape index (κ2) is 5.83. The fourth-order valence-electron chi connectivity index (χ4n) is 0.292. The molecule has 0 aromatic carbocycles. The summed E-state index contributed by atoms with van der Waals surface area (Å²) >= 11 is 5.35. The quantitative estimate of drug-likeness (QED) is 0.386. The van der Waals surface area contributed by atoms with E-state index < -0.39 is 17.9 Å². The summed E-state index contributed by atoms with van der Waals surface area (Å²) in [5.74, 6) is -1.53. The van der Waals surface area contributed by atoms with Crippen LogP contribution in [0.3, 0.4) is 0 Å². The molecule has 0 aliphatic carbocycles. The van der Waals surface area contributed by atoms with E-state index in [-0.39, 0.29) is 12.3 Å². The first-order valence-corrected chi connectivity index (χ1v) is 4.12. The first kappa shape index (κ1) is 11.2. The molecule has 0 aromatic rings. The lowest BCUT2D eigenvalue weighted by atomic mass is 10.2. The van der Waals surface area contributed by atoms with Crippen LogP contribution in [0.25, 0.3) is 0 Å². The van der Waals surface area contributed by atoms with Crippen molar-refractivity contribution in [3.05, 3.63) is 0 Å². The normalized spacial score (nSPS) is 11.9. The van der Waals surface area contributed by atoms with Crippen LogP contribution in [0.15, 0.2) is 0 Å². The van der Waals surface area contributed by atoms with Gasteiger partial charge in [-0.2, -0.15) is 0 Å². The van der Waals surface area contributed by atoms with Crippen LogP contribution >= 0.6 is 11.6 Å². The highest BCUT2D eigenvalue weighted by Gasteiger charge is 2.15. The number of carbonyl (C=O) groups is 2. The number of rotatable bonds is 3. The molecule has 0 aliphatic heterocycles. The molecule has 0 saturated carbocycles. The predicted octanol–water partition coefficient (Wildman–Crippen LogP) is 1.27. The van der Waals surface area contributed by atoms with E-state index >= 15 is 0 Å². The van der Waals surface area contributed by atoms with Gasteiger partial charge in [-0.1, -0.05) is 13.8 Å². The largest absolute Gasteiger partial charge is 0.359 e. The summed E-state index contributed by atoms with van der Waals surface area (Å²) < 4.78 is 0. The maximum absolute atomic E-state index is 10.8. The van der Waals surface area contributed by atoms with Crippen molar-refractivity contribution in [2.45, 2.75) is 20.3 Å². The van der Waals surface area contributed by atoms with Crippen molar-refractivity contribution in [1.82, 2.24) is 0 Å². The van der Waals surface area contributed by atoms with Crippen LogP contribution in [0.1, 0.15) is 20.3 Å². The van der Waals surface area contributed by atoms with Gasteiger partial charge in [0.05, 0.1) is 5.92 Å². The van der Waals surface area contributed by atoms with Crippen molar-refractivity contribution in [2.24, 2.45) is 5.92 Å². The average molecular weight is 195 g/mol. The second-order valence-corrected chi connectivity index (χ2v) is 2.58. The summed E-state index contributed by atoms with van der Waals surface area (Å²) in [4.78, 5) is 29.6. The van der Waals surface area contributed by atoms with Gasteiger partial charge in [0.25, 0.3) is 0 Å². The average Bonchev–Trinajstić information content (AvgIpc) is 2.11. The van der Waals surface area contributed by atoms with Crippen LogP contribution in [0.5, 0.6) is 0 Å². The number of alkyl halides is 1. The molecule has 5 heteroatoms. The monoisotopic (exact) mass is 194 g/mol. The van der Waals surface area contributed by atoms with E-state index in [0.29, 0.717) is 0 Å². The molecule has 1 atom stereocenters. The molecule has 1 unspecified atom stereocenters. The molecule has 0 heterocycles. The molecular weight excluding hydrogens is 184 g/mol. The number of hydrogen-bond donors (Lipinski definition) is 0. The molecule has 0 saturated heterocycles. The Morgan fingerprint density at radius 1 is 1.42 bits per heavy atom. The Morgan fingerprint density at radius 2 is 2.00 bits per heavy atom. The molecule has 0 rings (SSSR count). The Bertz CT molecular complexity index is 169. The predicted molar refractivity (Wildman–Crippen MR) is 42.4 cm³/mol. The summed E-state index contributed by atoms with van der Waals surface area (Å²) in [6, 6.07) is 0. The third kappa shape index (κ3) is 4.18. The minimum atomic E-state index is -0.633. The first-order valence-electron chi connectivity index (χ1n) is 3.59. The van der Waals surface area contributed by atoms with Gasteiger partial charge in [-0.05, 0) is 0 Å². The molecule has 0 aromatic heterocycles. The topological polar surface area (TPSA) is 52.6 Å². The van der Waals surface area contributed by atoms with Crippen molar-refractivity contribution in [1.29, 1.82) is 0 Å². The van der Waals surface area contributed by atoms with Crippen molar-refractivity contribution >= 4 is 23.5 Å². The standard InChI is InChI=1S/C7H11ClO4/c1-3-6(9)11-12-7(10)5(2)4-8/h5H,3-4H2,1-2H3. The van der Waals surface area contributed by atoms with Crippen molar-refractivity contribution in [3.8, 4) is 0 Å². The molecule has 12 heavy (non-hydrogen) atoms. The van der Waals surface area contributed by atoms with Crippen LogP contribution < -0.4 is 0 Å². The zero-order chi connectivity index (χ0) is 9.56. The van der Waals surface area contributed by atoms with Gasteiger partial charge in [-0.15, -0.1) is 11.6 Å². The van der Waals surface area contributed by atoms with E-state index in [1.165, 1.54) is 0 Å². The van der Waals surface area contributed by atoms with E-state index in [1.807, 2.05) is 0 Å². The molecule has 0 bridgehead atoms. The summed E-state index contributed by atoms with van der Waals surface area (Å²) in [5, 5.41) is 0. The Balaban J connectivity index is 3.64. The molecule has 0 amide bonds. The van der Waals surface area contributed by atoms with Crippen molar-refractivity contribution < 1.29 is 19.4 Å². The SMILES string of the molecule is CCC(=O)OOC(=O)C(C)CCl. The van der Waals surface area contributed by atoms with E-state index in [9.17, 15) is 9.59 Å². The molecule has 70 valence electrons. The lowest BCUT2D eigenvalue weighted by Gasteiger charge is -2.04. The minimum absolute atomic E-state index is 0.141. The zero-order valence-corrected chi connectivity index (χ0v) is 7.76. The van der Waals surface area contributed by atoms with Crippen LogP contribution in [-0.4, -0.2) is 17.8 Å². The lowest BCUT2D eigenvalue weighted by Crippen LogP contribution is -2.18. The van der Waals surface area contributed by atoms with E-state index in [1.54, 1.807) is 13.8 Å². The van der Waals surface area contributed by atoms with Gasteiger partial charge in [0.2, 0.25) is 0 Å². The number of hydrogen-bond acceptors (Lipinski definition) is 4. The maximum atomic E-state index is 10.8. The van der Waals surface area contributed by atoms with Crippen LogP contribution in [0.2, 0.25) is 0 Å². The molecule has 4 nitrogen and oxygen atoms in total. The Hall–Kier alpha value is -0.770. The highest BCUT2D eigenvalue weighted by molar-refractivity contribution is 6.19. The molecule has 0 fully saturated rings. The Labute approximate surface area is 75.7 Å². The van der Waals surface area contributed by atoms with Crippen LogP contribution in [0, 0.1) is 5.92 Å². The van der Waals surface area contributed by atoms with E-state index in [2.05, 4.69) is 9.78 Å². The Kier molecular flexibility index (Phi) is 5.45. The lowest BCUT2D eigenvalue weighted by molar-refractivity contribution is -0.261. The summed E-state index contributed by atoms with van der Waals surface area (Å²) in [6.07, 6.45) is 0.169. The third-order valence-corrected chi connectivity index (χ3v) is 1.60. The highest BCUT2D eigenvalue weighted by Crippen LogP contribution is 2.01. The van der Waals surface area contributed by atoms with Crippen molar-refractivity contribution in [2.75, 3.05) is 5.88 Å². The highest BCUT2D eigenvalue weighted by atomic mass is 35.5. The third-order valence-electron chi connectivity index (χ3n) is 1.14. The first-order chi connectivity index (χ1) is 5.61. The minimum Gasteiger partial charge on any atom is -0.247 e. The van der Waals surface area contributed by atoms with Gasteiger partial charge >= 0.3 is 11.9 Å². The zero-order valence-electron chi connectivity index (χ0n) is 7.00. The molecular formula is C7H11ClO4. The molecule has 0 N–H and O–H groups in total. The summed E-state index contributed by atoms with van der Waals surface area (Å²) in [7, 11) is 0. The van der Waals surface area contributed by atoms with Gasteiger partial charge in [0.1, 0.15) is 0 Å². The Morgan fingerprint density at radius 3 is 2.42 bits per heavy atom. The van der Waals surface area contributed by atoms with Gasteiger partial charge in [-0.25, -0.2) is 19.4 Å². The number of carbonyl (C=O) groups excluding carboxylic acids is 2. The van der Waals surface area contributed by atoms with Gasteiger partial charge in [-0.3, -0.25) is 0 Å².